The van der Waals surface area contributed by atoms with Crippen LogP contribution in [0.25, 0.3) is 0 Å². The van der Waals surface area contributed by atoms with E-state index in [2.05, 4.69) is 12.2 Å². The lowest BCUT2D eigenvalue weighted by Gasteiger charge is -2.33. The Morgan fingerprint density at radius 3 is 2.44 bits per heavy atom. The molecule has 0 fully saturated rings. The number of ether oxygens (including phenoxy) is 1. The lowest BCUT2D eigenvalue weighted by atomic mass is 9.87. The zero-order valence-corrected chi connectivity index (χ0v) is 11.6. The molecule has 0 saturated heterocycles. The maximum atomic E-state index is 9.81. The zero-order valence-electron chi connectivity index (χ0n) is 11.6. The molecule has 102 valence electrons. The molecule has 0 aliphatic heterocycles. The molecule has 3 nitrogen and oxygen atoms in total. The number of nitrogens with one attached hydrogen (secondary N) is 1. The number of hydrogen-bond donors (Lipinski definition) is 2. The van der Waals surface area contributed by atoms with Crippen molar-refractivity contribution in [3.8, 4) is 0 Å². The molecule has 18 heavy (non-hydrogen) atoms. The highest BCUT2D eigenvalue weighted by atomic mass is 16.5. The monoisotopic (exact) mass is 251 g/mol. The van der Waals surface area contributed by atoms with Crippen LogP contribution in [0.3, 0.4) is 0 Å². The zero-order chi connectivity index (χ0) is 13.4. The van der Waals surface area contributed by atoms with Crippen LogP contribution in [-0.2, 0) is 10.3 Å². The summed E-state index contributed by atoms with van der Waals surface area (Å²) in [5.74, 6) is 0. The average molecular weight is 251 g/mol. The van der Waals surface area contributed by atoms with Gasteiger partial charge in [0.1, 0.15) is 0 Å². The topological polar surface area (TPSA) is 41.5 Å². The van der Waals surface area contributed by atoms with E-state index in [9.17, 15) is 5.11 Å². The first-order valence-corrected chi connectivity index (χ1v) is 6.67. The van der Waals surface area contributed by atoms with Crippen molar-refractivity contribution in [3.63, 3.8) is 0 Å². The fourth-order valence-corrected chi connectivity index (χ4v) is 2.13. The van der Waals surface area contributed by atoms with Crippen LogP contribution in [0.4, 0.5) is 0 Å². The molecule has 1 aromatic carbocycles. The van der Waals surface area contributed by atoms with Gasteiger partial charge in [-0.25, -0.2) is 0 Å². The highest BCUT2D eigenvalue weighted by Gasteiger charge is 2.30. The number of rotatable bonds is 8. The molecule has 3 heteroatoms. The Labute approximate surface area is 110 Å². The van der Waals surface area contributed by atoms with Crippen molar-refractivity contribution in [1.82, 2.24) is 5.32 Å². The van der Waals surface area contributed by atoms with E-state index in [0.29, 0.717) is 6.61 Å². The van der Waals surface area contributed by atoms with Crippen molar-refractivity contribution in [1.29, 1.82) is 0 Å². The molecular formula is C15H25NO2. The van der Waals surface area contributed by atoms with E-state index in [-0.39, 0.29) is 12.7 Å². The number of benzene rings is 1. The molecule has 1 rings (SSSR count). The molecule has 0 spiro atoms. The highest BCUT2D eigenvalue weighted by molar-refractivity contribution is 5.24. The third-order valence-electron chi connectivity index (χ3n) is 3.09. The van der Waals surface area contributed by atoms with Crippen molar-refractivity contribution in [2.24, 2.45) is 0 Å². The van der Waals surface area contributed by atoms with Crippen LogP contribution >= 0.6 is 0 Å². The third kappa shape index (κ3) is 4.09. The van der Waals surface area contributed by atoms with Gasteiger partial charge in [0.15, 0.2) is 0 Å². The largest absolute Gasteiger partial charge is 0.394 e. The van der Waals surface area contributed by atoms with Crippen molar-refractivity contribution in [2.45, 2.75) is 38.8 Å². The predicted octanol–water partition coefficient (Wildman–Crippen LogP) is 2.30. The van der Waals surface area contributed by atoms with Crippen molar-refractivity contribution < 1.29 is 9.84 Å². The molecule has 2 N–H and O–H groups in total. The van der Waals surface area contributed by atoms with E-state index >= 15 is 0 Å². The summed E-state index contributed by atoms with van der Waals surface area (Å²) in [5, 5.41) is 13.2. The minimum absolute atomic E-state index is 0.0757. The SMILES string of the molecule is CCNC(CO)(CCOC(C)C)c1ccccc1. The summed E-state index contributed by atoms with van der Waals surface area (Å²) in [7, 11) is 0. The summed E-state index contributed by atoms with van der Waals surface area (Å²) in [6, 6.07) is 10.1. The Bertz CT molecular complexity index is 327. The van der Waals surface area contributed by atoms with E-state index in [1.807, 2.05) is 44.2 Å². The molecule has 1 aromatic rings. The number of aliphatic hydroxyl groups is 1. The molecule has 0 aliphatic rings. The summed E-state index contributed by atoms with van der Waals surface area (Å²) >= 11 is 0. The van der Waals surface area contributed by atoms with Crippen molar-refractivity contribution in [3.05, 3.63) is 35.9 Å². The van der Waals surface area contributed by atoms with Crippen LogP contribution in [0.15, 0.2) is 30.3 Å². The van der Waals surface area contributed by atoms with Gasteiger partial charge in [0.2, 0.25) is 0 Å². The smallest absolute Gasteiger partial charge is 0.0691 e. The second-order valence-electron chi connectivity index (χ2n) is 4.81. The van der Waals surface area contributed by atoms with E-state index in [0.717, 1.165) is 18.5 Å². The lowest BCUT2D eigenvalue weighted by Crippen LogP contribution is -2.46. The number of likely N-dealkylation sites (N-methyl/N-ethyl adjacent to an activating group) is 1. The quantitative estimate of drug-likeness (QED) is 0.745. The van der Waals surface area contributed by atoms with Crippen LogP contribution in [0.5, 0.6) is 0 Å². The van der Waals surface area contributed by atoms with Gasteiger partial charge in [-0.15, -0.1) is 0 Å². The molecule has 0 aromatic heterocycles. The highest BCUT2D eigenvalue weighted by Crippen LogP contribution is 2.24. The molecule has 0 saturated carbocycles. The molecular weight excluding hydrogens is 226 g/mol. The second-order valence-corrected chi connectivity index (χ2v) is 4.81. The van der Waals surface area contributed by atoms with E-state index in [1.54, 1.807) is 0 Å². The molecule has 1 unspecified atom stereocenters. The number of hydrogen-bond acceptors (Lipinski definition) is 3. The Hall–Kier alpha value is -0.900. The molecule has 0 radical (unpaired) electrons. The standard InChI is InChI=1S/C15H25NO2/c1-4-16-15(12-17,10-11-18-13(2)3)14-8-6-5-7-9-14/h5-9,13,16-17H,4,10-12H2,1-3H3. The first kappa shape index (κ1) is 15.2. The van der Waals surface area contributed by atoms with Crippen LogP contribution in [0, 0.1) is 0 Å². The lowest BCUT2D eigenvalue weighted by molar-refractivity contribution is 0.0453. The van der Waals surface area contributed by atoms with Gasteiger partial charge < -0.3 is 15.2 Å². The Balaban J connectivity index is 2.80. The summed E-state index contributed by atoms with van der Waals surface area (Å²) in [6.45, 7) is 7.63. The van der Waals surface area contributed by atoms with Crippen LogP contribution in [0.1, 0.15) is 32.8 Å². The second kappa shape index (κ2) is 7.52. The maximum Gasteiger partial charge on any atom is 0.0691 e. The predicted molar refractivity (Wildman–Crippen MR) is 74.6 cm³/mol. The van der Waals surface area contributed by atoms with Crippen molar-refractivity contribution in [2.75, 3.05) is 19.8 Å². The van der Waals surface area contributed by atoms with E-state index < -0.39 is 5.54 Å². The number of aliphatic hydroxyl groups excluding tert-OH is 1. The van der Waals surface area contributed by atoms with Gasteiger partial charge in [0, 0.05) is 6.61 Å². The van der Waals surface area contributed by atoms with Crippen LogP contribution in [-0.4, -0.2) is 31.0 Å². The minimum Gasteiger partial charge on any atom is -0.394 e. The van der Waals surface area contributed by atoms with E-state index in [4.69, 9.17) is 4.74 Å². The van der Waals surface area contributed by atoms with Gasteiger partial charge in [-0.2, -0.15) is 0 Å². The molecule has 0 bridgehead atoms. The van der Waals surface area contributed by atoms with Gasteiger partial charge in [0.05, 0.1) is 18.2 Å². The Morgan fingerprint density at radius 2 is 1.94 bits per heavy atom. The summed E-state index contributed by atoms with van der Waals surface area (Å²) in [4.78, 5) is 0. The van der Waals surface area contributed by atoms with Crippen LogP contribution < -0.4 is 5.32 Å². The van der Waals surface area contributed by atoms with Gasteiger partial charge in [0.25, 0.3) is 0 Å². The Morgan fingerprint density at radius 1 is 1.28 bits per heavy atom. The van der Waals surface area contributed by atoms with Gasteiger partial charge in [-0.3, -0.25) is 0 Å². The van der Waals surface area contributed by atoms with Crippen molar-refractivity contribution >= 4 is 0 Å². The van der Waals surface area contributed by atoms with Crippen LogP contribution in [0.2, 0.25) is 0 Å². The van der Waals surface area contributed by atoms with Gasteiger partial charge >= 0.3 is 0 Å². The summed E-state index contributed by atoms with van der Waals surface area (Å²) in [5.41, 5.74) is 0.715. The summed E-state index contributed by atoms with van der Waals surface area (Å²) in [6.07, 6.45) is 0.985. The minimum atomic E-state index is -0.398. The summed E-state index contributed by atoms with van der Waals surface area (Å²) < 4.78 is 5.62. The normalized spacial score (nSPS) is 14.7. The third-order valence-corrected chi connectivity index (χ3v) is 3.09. The van der Waals surface area contributed by atoms with Gasteiger partial charge in [-0.1, -0.05) is 37.3 Å². The molecule has 0 heterocycles. The average Bonchev–Trinajstić information content (AvgIpc) is 2.38. The first-order chi connectivity index (χ1) is 8.64. The Kier molecular flexibility index (Phi) is 6.33. The fourth-order valence-electron chi connectivity index (χ4n) is 2.13. The van der Waals surface area contributed by atoms with Gasteiger partial charge in [-0.05, 0) is 32.4 Å². The maximum absolute atomic E-state index is 9.81. The molecule has 0 aliphatic carbocycles. The molecule has 1 atom stereocenters. The fraction of sp³-hybridized carbons (Fsp3) is 0.600. The molecule has 0 amide bonds. The first-order valence-electron chi connectivity index (χ1n) is 6.67. The van der Waals surface area contributed by atoms with E-state index in [1.165, 1.54) is 0 Å².